The van der Waals surface area contributed by atoms with Gasteiger partial charge in [0.2, 0.25) is 0 Å². The van der Waals surface area contributed by atoms with Crippen molar-refractivity contribution in [1.29, 1.82) is 0 Å². The Morgan fingerprint density at radius 2 is 1.40 bits per heavy atom. The number of fused-ring (bicyclic) bond motifs is 3. The fraction of sp³-hybridized carbons (Fsp3) is 0. The summed E-state index contributed by atoms with van der Waals surface area (Å²) in [6.45, 7) is 0. The number of aromatic nitrogens is 1. The molecule has 2 heteroatoms. The van der Waals surface area contributed by atoms with Crippen LogP contribution in [0.1, 0.15) is 1.37 Å². The second kappa shape index (κ2) is 4.20. The number of nitrogens with zero attached hydrogens (tertiary/aromatic N) is 1. The number of rotatable bonds is 1. The highest BCUT2D eigenvalue weighted by Crippen LogP contribution is 2.32. The molecule has 0 aliphatic heterocycles. The van der Waals surface area contributed by atoms with Gasteiger partial charge in [0.05, 0.1) is 18.1 Å². The lowest BCUT2D eigenvalue weighted by Gasteiger charge is -2.08. The van der Waals surface area contributed by atoms with Gasteiger partial charge in [0.1, 0.15) is 5.82 Å². The van der Waals surface area contributed by atoms with Crippen LogP contribution in [-0.4, -0.2) is 4.57 Å². The minimum Gasteiger partial charge on any atom is -0.306 e. The van der Waals surface area contributed by atoms with E-state index in [1.54, 1.807) is 18.2 Å². The molecular formula is C18H12FN. The summed E-state index contributed by atoms with van der Waals surface area (Å²) in [5.74, 6) is -0.289. The number of hydrogen-bond acceptors (Lipinski definition) is 0. The molecule has 0 N–H and O–H groups in total. The lowest BCUT2D eigenvalue weighted by molar-refractivity contribution is 0.621. The fourth-order valence-electron chi connectivity index (χ4n) is 2.73. The highest BCUT2D eigenvalue weighted by molar-refractivity contribution is 6.09. The normalized spacial score (nSPS) is 11.9. The van der Waals surface area contributed by atoms with E-state index in [1.165, 1.54) is 6.07 Å². The molecule has 0 fully saturated rings. The smallest absolute Gasteiger partial charge is 0.147 e. The summed E-state index contributed by atoms with van der Waals surface area (Å²) < 4.78 is 24.3. The van der Waals surface area contributed by atoms with Gasteiger partial charge in [-0.3, -0.25) is 0 Å². The maximum Gasteiger partial charge on any atom is 0.147 e. The van der Waals surface area contributed by atoms with E-state index < -0.39 is 0 Å². The first-order valence-corrected chi connectivity index (χ1v) is 6.51. The van der Waals surface area contributed by atoms with E-state index in [0.717, 1.165) is 21.8 Å². The lowest BCUT2D eigenvalue weighted by Crippen LogP contribution is -1.96. The topological polar surface area (TPSA) is 4.93 Å². The van der Waals surface area contributed by atoms with E-state index in [9.17, 15) is 4.39 Å². The highest BCUT2D eigenvalue weighted by Gasteiger charge is 2.13. The van der Waals surface area contributed by atoms with Gasteiger partial charge in [-0.25, -0.2) is 4.39 Å². The zero-order chi connectivity index (χ0) is 14.4. The number of hydrogen-bond donors (Lipinski definition) is 0. The number of para-hydroxylation sites is 3. The molecule has 0 amide bonds. The Balaban J connectivity index is 2.28. The van der Waals surface area contributed by atoms with Crippen molar-refractivity contribution in [2.24, 2.45) is 0 Å². The van der Waals surface area contributed by atoms with Crippen LogP contribution in [0.5, 0.6) is 0 Å². The van der Waals surface area contributed by atoms with E-state index >= 15 is 0 Å². The predicted octanol–water partition coefficient (Wildman–Crippen LogP) is 4.92. The monoisotopic (exact) mass is 262 g/mol. The largest absolute Gasteiger partial charge is 0.306 e. The average Bonchev–Trinajstić information content (AvgIpc) is 2.84. The molecule has 0 saturated carbocycles. The van der Waals surface area contributed by atoms with Crippen molar-refractivity contribution in [3.63, 3.8) is 0 Å². The molecule has 0 spiro atoms. The van der Waals surface area contributed by atoms with Crippen LogP contribution in [0.2, 0.25) is 0 Å². The van der Waals surface area contributed by atoms with Crippen LogP contribution >= 0.6 is 0 Å². The minimum atomic E-state index is -0.289. The van der Waals surface area contributed by atoms with E-state index in [1.807, 2.05) is 47.0 Å². The van der Waals surface area contributed by atoms with Crippen LogP contribution in [0.3, 0.4) is 0 Å². The predicted molar refractivity (Wildman–Crippen MR) is 80.7 cm³/mol. The Hall–Kier alpha value is -2.61. The molecule has 1 heterocycles. The Kier molecular flexibility index (Phi) is 2.15. The van der Waals surface area contributed by atoms with Gasteiger partial charge < -0.3 is 4.57 Å². The van der Waals surface area contributed by atoms with Crippen molar-refractivity contribution in [1.82, 2.24) is 4.57 Å². The first-order valence-electron chi connectivity index (χ1n) is 7.01. The fourth-order valence-corrected chi connectivity index (χ4v) is 2.73. The molecule has 0 atom stereocenters. The van der Waals surface area contributed by atoms with Gasteiger partial charge in [0.15, 0.2) is 0 Å². The SMILES string of the molecule is [2H]c1cccc2c3ccccc3n(-c3ccccc3F)c12. The third-order valence-corrected chi connectivity index (χ3v) is 3.59. The minimum absolute atomic E-state index is 0.289. The molecule has 0 aliphatic carbocycles. The van der Waals surface area contributed by atoms with Gasteiger partial charge in [-0.1, -0.05) is 48.5 Å². The summed E-state index contributed by atoms with van der Waals surface area (Å²) in [6.07, 6.45) is 0. The van der Waals surface area contributed by atoms with E-state index in [-0.39, 0.29) is 5.82 Å². The molecule has 4 aromatic rings. The Morgan fingerprint density at radius 1 is 0.750 bits per heavy atom. The molecule has 0 bridgehead atoms. The molecule has 20 heavy (non-hydrogen) atoms. The van der Waals surface area contributed by atoms with Crippen LogP contribution in [0.15, 0.2) is 72.8 Å². The molecule has 1 nitrogen and oxygen atoms in total. The Labute approximate surface area is 117 Å². The van der Waals surface area contributed by atoms with Gasteiger partial charge in [-0.2, -0.15) is 0 Å². The maximum atomic E-state index is 14.3. The second-order valence-electron chi connectivity index (χ2n) is 4.74. The van der Waals surface area contributed by atoms with Gasteiger partial charge in [0.25, 0.3) is 0 Å². The van der Waals surface area contributed by atoms with E-state index in [2.05, 4.69) is 0 Å². The standard InChI is InChI=1S/C18H12FN/c19-15-9-3-6-12-18(15)20-16-10-4-1-7-13(16)14-8-2-5-11-17(14)20/h1-12H/i10D. The van der Waals surface area contributed by atoms with Gasteiger partial charge in [0, 0.05) is 10.8 Å². The summed E-state index contributed by atoms with van der Waals surface area (Å²) in [5.41, 5.74) is 2.13. The van der Waals surface area contributed by atoms with Crippen LogP contribution < -0.4 is 0 Å². The molecule has 96 valence electrons. The van der Waals surface area contributed by atoms with Crippen LogP contribution in [0.25, 0.3) is 27.5 Å². The molecule has 1 aromatic heterocycles. The molecule has 0 unspecified atom stereocenters. The molecular weight excluding hydrogens is 249 g/mol. The van der Waals surface area contributed by atoms with Crippen molar-refractivity contribution >= 4 is 21.8 Å². The number of halogens is 1. The summed E-state index contributed by atoms with van der Waals surface area (Å²) in [4.78, 5) is 0. The quantitative estimate of drug-likeness (QED) is 0.458. The zero-order valence-electron chi connectivity index (χ0n) is 11.7. The first-order chi connectivity index (χ1) is 10.3. The van der Waals surface area contributed by atoms with Crippen molar-refractivity contribution in [3.05, 3.63) is 78.6 Å². The summed E-state index contributed by atoms with van der Waals surface area (Å²) >= 11 is 0. The summed E-state index contributed by atoms with van der Waals surface area (Å²) in [7, 11) is 0. The summed E-state index contributed by atoms with van der Waals surface area (Å²) in [5, 5.41) is 2.01. The zero-order valence-corrected chi connectivity index (χ0v) is 10.7. The molecule has 0 radical (unpaired) electrons. The van der Waals surface area contributed by atoms with Gasteiger partial charge in [-0.05, 0) is 24.2 Å². The van der Waals surface area contributed by atoms with Crippen molar-refractivity contribution in [2.75, 3.05) is 0 Å². The van der Waals surface area contributed by atoms with Crippen molar-refractivity contribution in [2.45, 2.75) is 0 Å². The Morgan fingerprint density at radius 3 is 2.25 bits per heavy atom. The third kappa shape index (κ3) is 1.48. The van der Waals surface area contributed by atoms with Crippen LogP contribution in [0, 0.1) is 5.82 Å². The van der Waals surface area contributed by atoms with Crippen molar-refractivity contribution < 1.29 is 5.76 Å². The third-order valence-electron chi connectivity index (χ3n) is 3.59. The molecule has 3 aromatic carbocycles. The average molecular weight is 262 g/mol. The molecule has 0 saturated heterocycles. The van der Waals surface area contributed by atoms with E-state index in [4.69, 9.17) is 1.37 Å². The maximum absolute atomic E-state index is 14.3. The number of benzene rings is 3. The summed E-state index contributed by atoms with van der Waals surface area (Å²) in [6, 6.07) is 20.5. The molecule has 4 rings (SSSR count). The molecule has 0 aliphatic rings. The second-order valence-corrected chi connectivity index (χ2v) is 4.74. The van der Waals surface area contributed by atoms with Crippen molar-refractivity contribution in [3.8, 4) is 5.69 Å². The van der Waals surface area contributed by atoms with E-state index in [0.29, 0.717) is 11.7 Å². The lowest BCUT2D eigenvalue weighted by atomic mass is 10.2. The van der Waals surface area contributed by atoms with Crippen LogP contribution in [-0.2, 0) is 0 Å². The highest BCUT2D eigenvalue weighted by atomic mass is 19.1. The van der Waals surface area contributed by atoms with Gasteiger partial charge in [-0.15, -0.1) is 0 Å². The first kappa shape index (κ1) is 10.2. The van der Waals surface area contributed by atoms with Crippen LogP contribution in [0.4, 0.5) is 4.39 Å². The van der Waals surface area contributed by atoms with Gasteiger partial charge >= 0.3 is 0 Å². The Bertz CT molecular complexity index is 971.